The molecule has 0 fully saturated rings. The van der Waals surface area contributed by atoms with E-state index in [1.54, 1.807) is 14.2 Å². The van der Waals surface area contributed by atoms with Crippen molar-refractivity contribution in [3.8, 4) is 0 Å². The van der Waals surface area contributed by atoms with E-state index in [0.29, 0.717) is 0 Å². The van der Waals surface area contributed by atoms with E-state index >= 15 is 0 Å². The average molecular weight is 291 g/mol. The van der Waals surface area contributed by atoms with Crippen molar-refractivity contribution in [3.63, 3.8) is 0 Å². The molecule has 109 valence electrons. The Morgan fingerprint density at radius 2 is 1.65 bits per heavy atom. The van der Waals surface area contributed by atoms with Gasteiger partial charge in [-0.05, 0) is 19.1 Å². The van der Waals surface area contributed by atoms with Crippen LogP contribution in [0.1, 0.15) is 36.0 Å². The summed E-state index contributed by atoms with van der Waals surface area (Å²) in [7, 11) is 3.30. The third-order valence-electron chi connectivity index (χ3n) is 2.64. The molecule has 2 rings (SSSR count). The first-order valence-electron chi connectivity index (χ1n) is 6.53. The van der Waals surface area contributed by atoms with Gasteiger partial charge in [-0.25, -0.2) is 0 Å². The van der Waals surface area contributed by atoms with Gasteiger partial charge in [0.15, 0.2) is 0 Å². The molecule has 1 heterocycles. The van der Waals surface area contributed by atoms with Gasteiger partial charge in [0.2, 0.25) is 0 Å². The summed E-state index contributed by atoms with van der Waals surface area (Å²) in [5, 5.41) is 0. The summed E-state index contributed by atoms with van der Waals surface area (Å²) < 4.78 is 15.4. The monoisotopic (exact) mass is 291 g/mol. The molecule has 0 saturated carbocycles. The molecule has 0 unspecified atom stereocenters. The molecule has 4 heteroatoms. The molecule has 20 heavy (non-hydrogen) atoms. The van der Waals surface area contributed by atoms with Crippen molar-refractivity contribution in [1.29, 1.82) is 0 Å². The highest BCUT2D eigenvalue weighted by atomic mass is 28.2. The van der Waals surface area contributed by atoms with Gasteiger partial charge in [-0.2, -0.15) is 0 Å². The molecule has 1 radical (unpaired) electrons. The molecule has 0 amide bonds. The predicted octanol–water partition coefficient (Wildman–Crippen LogP) is 3.47. The maximum atomic E-state index is 5.58. The van der Waals surface area contributed by atoms with Crippen LogP contribution < -0.4 is 0 Å². The van der Waals surface area contributed by atoms with Crippen LogP contribution in [0.25, 0.3) is 0 Å². The van der Waals surface area contributed by atoms with Crippen LogP contribution in [0.3, 0.4) is 0 Å². The Balaban J connectivity index is 0.000000612. The number of benzene rings is 1. The van der Waals surface area contributed by atoms with Gasteiger partial charge in [0.25, 0.3) is 5.78 Å². The minimum Gasteiger partial charge on any atom is -0.632 e. The van der Waals surface area contributed by atoms with Crippen LogP contribution in [-0.2, 0) is 9.16 Å². The zero-order valence-corrected chi connectivity index (χ0v) is 14.1. The van der Waals surface area contributed by atoms with Gasteiger partial charge in [0.05, 0.1) is 17.4 Å². The Labute approximate surface area is 124 Å². The van der Waals surface area contributed by atoms with Crippen LogP contribution in [-0.4, -0.2) is 30.0 Å². The normalized spacial score (nSPS) is 14.1. The minimum atomic E-state index is 0.0206. The number of aryl methyl sites for hydroxylation is 1. The van der Waals surface area contributed by atoms with Crippen LogP contribution in [0.2, 0.25) is 0 Å². The number of methoxy groups -OCH3 is 1. The van der Waals surface area contributed by atoms with Gasteiger partial charge in [0, 0.05) is 19.6 Å². The van der Waals surface area contributed by atoms with Crippen molar-refractivity contribution in [2.24, 2.45) is 5.41 Å². The van der Waals surface area contributed by atoms with Crippen LogP contribution in [0.5, 0.6) is 0 Å². The molecular weight excluding hydrogens is 268 g/mol. The first kappa shape index (κ1) is 16.7. The molecule has 0 saturated heterocycles. The summed E-state index contributed by atoms with van der Waals surface area (Å²) in [6.45, 7) is 8.50. The highest BCUT2D eigenvalue weighted by molar-refractivity contribution is 6.22. The molecular formula is C16H23O3Si. The Morgan fingerprint density at radius 1 is 1.10 bits per heavy atom. The van der Waals surface area contributed by atoms with E-state index in [1.807, 2.05) is 6.08 Å². The molecule has 0 aliphatic carbocycles. The summed E-state index contributed by atoms with van der Waals surface area (Å²) >= 11 is 0. The van der Waals surface area contributed by atoms with Crippen LogP contribution in [0.15, 0.2) is 36.1 Å². The lowest BCUT2D eigenvalue weighted by Crippen LogP contribution is -2.20. The van der Waals surface area contributed by atoms with Gasteiger partial charge in [-0.15, -0.1) is 0 Å². The second-order valence-corrected chi connectivity index (χ2v) is 6.26. The second kappa shape index (κ2) is 7.41. The van der Waals surface area contributed by atoms with Crippen molar-refractivity contribution < 1.29 is 13.3 Å². The van der Waals surface area contributed by atoms with E-state index in [4.69, 9.17) is 8.54 Å². The lowest BCUT2D eigenvalue weighted by molar-refractivity contribution is -0.109. The molecule has 0 aromatic heterocycles. The molecule has 0 spiro atoms. The van der Waals surface area contributed by atoms with E-state index < -0.39 is 0 Å². The van der Waals surface area contributed by atoms with Crippen molar-refractivity contribution in [1.82, 2.24) is 0 Å². The summed E-state index contributed by atoms with van der Waals surface area (Å²) in [5.41, 5.74) is 2.38. The molecule has 1 aliphatic rings. The third kappa shape index (κ3) is 4.94. The van der Waals surface area contributed by atoms with Crippen molar-refractivity contribution in [3.05, 3.63) is 47.2 Å². The Hall–Kier alpha value is -1.39. The molecule has 1 aliphatic heterocycles. The van der Waals surface area contributed by atoms with E-state index in [1.165, 1.54) is 5.56 Å². The van der Waals surface area contributed by atoms with Gasteiger partial charge < -0.3 is 13.3 Å². The predicted molar refractivity (Wildman–Crippen MR) is 82.8 cm³/mol. The first-order valence-corrected chi connectivity index (χ1v) is 7.35. The fourth-order valence-corrected chi connectivity index (χ4v) is 2.28. The number of ketones is 1. The fourth-order valence-electron chi connectivity index (χ4n) is 1.52. The topological polar surface area (TPSA) is 29.8 Å². The van der Waals surface area contributed by atoms with E-state index in [2.05, 4.69) is 56.7 Å². The lowest BCUT2D eigenvalue weighted by atomic mass is 9.92. The van der Waals surface area contributed by atoms with Crippen molar-refractivity contribution >= 4 is 15.8 Å². The second-order valence-electron chi connectivity index (χ2n) is 5.68. The number of allylic oxidation sites excluding steroid dienone is 2. The van der Waals surface area contributed by atoms with Crippen molar-refractivity contribution in [2.75, 3.05) is 14.2 Å². The zero-order valence-electron chi connectivity index (χ0n) is 13.1. The zero-order chi connectivity index (χ0) is 15.2. The van der Waals surface area contributed by atoms with E-state index in [9.17, 15) is 0 Å². The van der Waals surface area contributed by atoms with E-state index in [-0.39, 0.29) is 15.4 Å². The summed E-state index contributed by atoms with van der Waals surface area (Å²) in [4.78, 5) is 0. The number of carbonyl (C=O) groups excluding carboxylic acids is 1. The molecule has 0 bridgehead atoms. The maximum absolute atomic E-state index is 5.58. The highest BCUT2D eigenvalue weighted by Gasteiger charge is 2.23. The highest BCUT2D eigenvalue weighted by Crippen LogP contribution is 2.27. The maximum Gasteiger partial charge on any atom is 0.424 e. The van der Waals surface area contributed by atoms with Gasteiger partial charge in [-0.3, -0.25) is 0 Å². The molecule has 1 aromatic rings. The van der Waals surface area contributed by atoms with Crippen LogP contribution in [0, 0.1) is 12.3 Å². The quantitative estimate of drug-likeness (QED) is 0.586. The first-order chi connectivity index (χ1) is 9.38. The SMILES string of the molecule is COC.Cc1ccc(C2=[O+][Si-]OC(C(C)(C)C)=C2)cc1. The van der Waals surface area contributed by atoms with E-state index in [0.717, 1.165) is 17.1 Å². The molecule has 0 N–H and O–H groups in total. The molecule has 3 nitrogen and oxygen atoms in total. The Morgan fingerprint density at radius 3 is 2.15 bits per heavy atom. The number of rotatable bonds is 1. The fraction of sp³-hybridized carbons (Fsp3) is 0.438. The summed E-state index contributed by atoms with van der Waals surface area (Å²) in [5.74, 6) is 1.89. The smallest absolute Gasteiger partial charge is 0.424 e. The molecule has 0 atom stereocenters. The average Bonchev–Trinajstić information content (AvgIpc) is 2.40. The van der Waals surface area contributed by atoms with Crippen molar-refractivity contribution in [2.45, 2.75) is 27.7 Å². The van der Waals surface area contributed by atoms with Gasteiger partial charge in [-0.1, -0.05) is 38.5 Å². The van der Waals surface area contributed by atoms with Crippen LogP contribution >= 0.6 is 0 Å². The number of hydrogen-bond acceptors (Lipinski definition) is 2. The largest absolute Gasteiger partial charge is 0.632 e. The van der Waals surface area contributed by atoms with Crippen LogP contribution in [0.4, 0.5) is 0 Å². The van der Waals surface area contributed by atoms with Gasteiger partial charge in [0.1, 0.15) is 0 Å². The standard InChI is InChI=1S/C14H17O2Si.C2H6O/c1-10-5-7-11(8-6-10)12-9-13(14(2,3)4)16-17-15-12;1-3-2/h5-9H,1-4H3;1-2H3. The minimum absolute atomic E-state index is 0.0206. The summed E-state index contributed by atoms with van der Waals surface area (Å²) in [6.07, 6.45) is 2.00. The Bertz CT molecular complexity index is 481. The number of ether oxygens (including phenoxy) is 1. The summed E-state index contributed by atoms with van der Waals surface area (Å²) in [6, 6.07) is 8.35. The lowest BCUT2D eigenvalue weighted by Gasteiger charge is -2.27. The molecule has 1 aromatic carbocycles. The number of hydrogen-bond donors (Lipinski definition) is 0. The third-order valence-corrected chi connectivity index (χ3v) is 3.25. The Kier molecular flexibility index (Phi) is 6.17. The van der Waals surface area contributed by atoms with Gasteiger partial charge >= 0.3 is 10.0 Å².